The highest BCUT2D eigenvalue weighted by Gasteiger charge is 2.24. The zero-order valence-corrected chi connectivity index (χ0v) is 19.9. The lowest BCUT2D eigenvalue weighted by Gasteiger charge is -2.17. The summed E-state index contributed by atoms with van der Waals surface area (Å²) in [5.74, 6) is -1.73. The molecule has 11 heteroatoms. The molecule has 0 aliphatic heterocycles. The van der Waals surface area contributed by atoms with E-state index in [4.69, 9.17) is 15.2 Å². The number of nitrogens with one attached hydrogen (secondary N) is 1. The quantitative estimate of drug-likeness (QED) is 0.366. The summed E-state index contributed by atoms with van der Waals surface area (Å²) in [6.45, 7) is 3.75. The third-order valence-corrected chi connectivity index (χ3v) is 5.32. The molecular formula is C24H29N5O6. The van der Waals surface area contributed by atoms with Gasteiger partial charge in [-0.3, -0.25) is 9.59 Å². The lowest BCUT2D eigenvalue weighted by molar-refractivity contribution is -0.146. The first kappa shape index (κ1) is 25.5. The molecule has 4 N–H and O–H groups in total. The highest BCUT2D eigenvalue weighted by atomic mass is 16.5. The van der Waals surface area contributed by atoms with Crippen LogP contribution in [-0.4, -0.2) is 56.7 Å². The second-order valence-corrected chi connectivity index (χ2v) is 7.86. The minimum Gasteiger partial charge on any atom is -0.493 e. The van der Waals surface area contributed by atoms with Crippen LogP contribution in [0.2, 0.25) is 0 Å². The van der Waals surface area contributed by atoms with Gasteiger partial charge in [0.05, 0.1) is 18.6 Å². The molecule has 0 fully saturated rings. The van der Waals surface area contributed by atoms with Crippen molar-refractivity contribution < 1.29 is 29.0 Å². The topological polar surface area (TPSA) is 159 Å². The van der Waals surface area contributed by atoms with Crippen molar-refractivity contribution in [1.29, 1.82) is 0 Å². The predicted octanol–water partition coefficient (Wildman–Crippen LogP) is 1.85. The van der Waals surface area contributed by atoms with Crippen molar-refractivity contribution >= 4 is 34.8 Å². The number of carbonyl (C=O) groups excluding carboxylic acids is 3. The van der Waals surface area contributed by atoms with Gasteiger partial charge in [-0.1, -0.05) is 12.1 Å². The molecule has 0 aliphatic carbocycles. The van der Waals surface area contributed by atoms with Gasteiger partial charge < -0.3 is 30.2 Å². The van der Waals surface area contributed by atoms with Crippen LogP contribution in [0.1, 0.15) is 48.2 Å². The van der Waals surface area contributed by atoms with Crippen molar-refractivity contribution in [2.75, 3.05) is 18.9 Å². The Kier molecular flexibility index (Phi) is 8.24. The Labute approximate surface area is 202 Å². The highest BCUT2D eigenvalue weighted by Crippen LogP contribution is 2.29. The van der Waals surface area contributed by atoms with Gasteiger partial charge in [0.25, 0.3) is 5.91 Å². The van der Waals surface area contributed by atoms with E-state index in [0.717, 1.165) is 11.1 Å². The van der Waals surface area contributed by atoms with Crippen LogP contribution in [0.4, 0.5) is 5.95 Å². The standard InChI is InChI=1S/C24H29N5O6/c1-4-34-18(30)11-10-17(23(33)35-5-2)26-21(31)15-8-6-14(7-9-15)12-16-13-29(3)20-19(16)22(32)28-24(25)27-20/h6-9,13,17H,4-5,10-12H2,1-3H3,(H,26,31)(H3,25,27,28,32)/t17-/m0/s1. The molecule has 0 saturated carbocycles. The van der Waals surface area contributed by atoms with Gasteiger partial charge in [-0.2, -0.15) is 9.97 Å². The summed E-state index contributed by atoms with van der Waals surface area (Å²) in [6.07, 6.45) is 2.35. The van der Waals surface area contributed by atoms with E-state index in [1.807, 2.05) is 6.20 Å². The number of aromatic nitrogens is 3. The number of nitrogens with two attached hydrogens (primary N) is 1. The van der Waals surface area contributed by atoms with Crippen molar-refractivity contribution in [1.82, 2.24) is 19.9 Å². The monoisotopic (exact) mass is 483 g/mol. The van der Waals surface area contributed by atoms with Crippen LogP contribution in [0, 0.1) is 0 Å². The first-order chi connectivity index (χ1) is 16.7. The minimum absolute atomic E-state index is 0.0125. The lowest BCUT2D eigenvalue weighted by Crippen LogP contribution is -2.42. The van der Waals surface area contributed by atoms with Crippen molar-refractivity contribution in [3.63, 3.8) is 0 Å². The molecule has 3 rings (SSSR count). The molecule has 186 valence electrons. The Hall–Kier alpha value is -4.15. The normalized spacial score (nSPS) is 11.7. The predicted molar refractivity (Wildman–Crippen MR) is 128 cm³/mol. The van der Waals surface area contributed by atoms with E-state index in [1.54, 1.807) is 49.7 Å². The SMILES string of the molecule is CCOC(=O)CC[C@H](NC(=O)c1ccc(Cc2cn(C)c3nc(N)nc(O)c23)cc1)C(=O)OCC. The second-order valence-electron chi connectivity index (χ2n) is 7.86. The summed E-state index contributed by atoms with van der Waals surface area (Å²) in [5, 5.41) is 13.4. The molecule has 1 amide bonds. The molecular weight excluding hydrogens is 454 g/mol. The van der Waals surface area contributed by atoms with E-state index >= 15 is 0 Å². The fraction of sp³-hybridized carbons (Fsp3) is 0.375. The summed E-state index contributed by atoms with van der Waals surface area (Å²) in [5.41, 5.74) is 8.19. The fourth-order valence-electron chi connectivity index (χ4n) is 3.71. The minimum atomic E-state index is -0.974. The number of fused-ring (bicyclic) bond motifs is 1. The summed E-state index contributed by atoms with van der Waals surface area (Å²) in [6, 6.07) is 5.86. The Morgan fingerprint density at radius 2 is 1.80 bits per heavy atom. The smallest absolute Gasteiger partial charge is 0.328 e. The van der Waals surface area contributed by atoms with Crippen LogP contribution in [0.25, 0.3) is 11.0 Å². The highest BCUT2D eigenvalue weighted by molar-refractivity contribution is 5.97. The number of nitrogens with zero attached hydrogens (tertiary/aromatic N) is 3. The number of ether oxygens (including phenoxy) is 2. The number of carbonyl (C=O) groups is 3. The number of hydrogen-bond acceptors (Lipinski definition) is 9. The third kappa shape index (κ3) is 6.25. The van der Waals surface area contributed by atoms with E-state index < -0.39 is 23.9 Å². The summed E-state index contributed by atoms with van der Waals surface area (Å²) < 4.78 is 11.7. The number of benzene rings is 1. The molecule has 0 aliphatic rings. The maximum Gasteiger partial charge on any atom is 0.328 e. The number of rotatable bonds is 10. The number of esters is 2. The van der Waals surface area contributed by atoms with Gasteiger partial charge >= 0.3 is 11.9 Å². The van der Waals surface area contributed by atoms with Crippen molar-refractivity contribution in [3.8, 4) is 5.88 Å². The van der Waals surface area contributed by atoms with Gasteiger partial charge in [0, 0.05) is 25.2 Å². The van der Waals surface area contributed by atoms with Crippen molar-refractivity contribution in [2.24, 2.45) is 7.05 Å². The summed E-state index contributed by atoms with van der Waals surface area (Å²) in [4.78, 5) is 44.7. The Bertz CT molecular complexity index is 1220. The molecule has 2 aromatic heterocycles. The van der Waals surface area contributed by atoms with Crippen molar-refractivity contribution in [3.05, 3.63) is 47.2 Å². The Morgan fingerprint density at radius 1 is 1.11 bits per heavy atom. The Balaban J connectivity index is 1.71. The van der Waals surface area contributed by atoms with E-state index in [0.29, 0.717) is 23.0 Å². The van der Waals surface area contributed by atoms with Crippen LogP contribution in [0.5, 0.6) is 5.88 Å². The van der Waals surface area contributed by atoms with Gasteiger partial charge in [-0.15, -0.1) is 0 Å². The zero-order valence-electron chi connectivity index (χ0n) is 19.9. The van der Waals surface area contributed by atoms with Gasteiger partial charge in [0.15, 0.2) is 0 Å². The van der Waals surface area contributed by atoms with Gasteiger partial charge in [0.2, 0.25) is 11.8 Å². The van der Waals surface area contributed by atoms with Crippen molar-refractivity contribution in [2.45, 2.75) is 39.2 Å². The molecule has 0 spiro atoms. The van der Waals surface area contributed by atoms with E-state index in [9.17, 15) is 19.5 Å². The van der Waals surface area contributed by atoms with Gasteiger partial charge in [-0.05, 0) is 49.9 Å². The molecule has 2 heterocycles. The molecule has 0 radical (unpaired) electrons. The number of aryl methyl sites for hydroxylation is 1. The number of amides is 1. The second kappa shape index (κ2) is 11.3. The van der Waals surface area contributed by atoms with E-state index in [-0.39, 0.29) is 37.9 Å². The van der Waals surface area contributed by atoms with Gasteiger partial charge in [-0.25, -0.2) is 4.79 Å². The average Bonchev–Trinajstić information content (AvgIpc) is 3.12. The maximum atomic E-state index is 12.8. The molecule has 0 saturated heterocycles. The fourth-order valence-corrected chi connectivity index (χ4v) is 3.71. The lowest BCUT2D eigenvalue weighted by atomic mass is 10.0. The number of aromatic hydroxyl groups is 1. The zero-order chi connectivity index (χ0) is 25.5. The van der Waals surface area contributed by atoms with Gasteiger partial charge in [0.1, 0.15) is 11.7 Å². The molecule has 35 heavy (non-hydrogen) atoms. The number of anilines is 1. The number of hydrogen-bond donors (Lipinski definition) is 3. The van der Waals surface area contributed by atoms with Crippen LogP contribution >= 0.6 is 0 Å². The van der Waals surface area contributed by atoms with Crippen LogP contribution in [0.15, 0.2) is 30.5 Å². The number of nitrogen functional groups attached to an aromatic ring is 1. The molecule has 0 bridgehead atoms. The molecule has 1 aromatic carbocycles. The first-order valence-electron chi connectivity index (χ1n) is 11.3. The molecule has 11 nitrogen and oxygen atoms in total. The van der Waals surface area contributed by atoms with Crippen LogP contribution in [0.3, 0.4) is 0 Å². The van der Waals surface area contributed by atoms with E-state index in [1.165, 1.54) is 0 Å². The first-order valence-corrected chi connectivity index (χ1v) is 11.3. The summed E-state index contributed by atoms with van der Waals surface area (Å²) in [7, 11) is 1.80. The maximum absolute atomic E-state index is 12.8. The Morgan fingerprint density at radius 3 is 2.46 bits per heavy atom. The molecule has 0 unspecified atom stereocenters. The van der Waals surface area contributed by atoms with E-state index in [2.05, 4.69) is 15.3 Å². The summed E-state index contributed by atoms with van der Waals surface area (Å²) >= 11 is 0. The molecule has 3 aromatic rings. The average molecular weight is 484 g/mol. The molecule has 1 atom stereocenters. The van der Waals surface area contributed by atoms with Crippen LogP contribution < -0.4 is 11.1 Å². The van der Waals surface area contributed by atoms with Crippen LogP contribution in [-0.2, 0) is 32.5 Å². The third-order valence-electron chi connectivity index (χ3n) is 5.32. The largest absolute Gasteiger partial charge is 0.493 e.